The van der Waals surface area contributed by atoms with Crippen LogP contribution in [0, 0.1) is 32.1 Å². The maximum Gasteiger partial charge on any atom is 0.373 e. The lowest BCUT2D eigenvalue weighted by Crippen LogP contribution is -2.63. The molecule has 0 spiro atoms. The van der Waals surface area contributed by atoms with Crippen LogP contribution in [0.4, 0.5) is 11.4 Å². The molecule has 3 aliphatic rings. The van der Waals surface area contributed by atoms with Gasteiger partial charge in [0, 0.05) is 55.9 Å². The van der Waals surface area contributed by atoms with Gasteiger partial charge in [0.1, 0.15) is 12.4 Å². The van der Waals surface area contributed by atoms with Gasteiger partial charge in [-0.25, -0.2) is 14.4 Å². The second-order valence-electron chi connectivity index (χ2n) is 11.1. The van der Waals surface area contributed by atoms with Crippen LogP contribution in [0.25, 0.3) is 0 Å². The Morgan fingerprint density at radius 3 is 2.02 bits per heavy atom. The second kappa shape index (κ2) is 13.1. The molecular weight excluding hydrogens is 610 g/mol. The van der Waals surface area contributed by atoms with Gasteiger partial charge < -0.3 is 14.7 Å². The summed E-state index contributed by atoms with van der Waals surface area (Å²) in [4.78, 5) is 84.4. The van der Waals surface area contributed by atoms with Gasteiger partial charge in [0.15, 0.2) is 0 Å². The summed E-state index contributed by atoms with van der Waals surface area (Å²) in [5, 5.41) is 34.9. The normalized spacial score (nSPS) is 21.6. The molecule has 2 aromatic rings. The van der Waals surface area contributed by atoms with Crippen molar-refractivity contribution in [2.24, 2.45) is 11.8 Å². The number of esters is 2. The van der Waals surface area contributed by atoms with Crippen molar-refractivity contribution in [3.05, 3.63) is 91.2 Å². The fourth-order valence-electron chi connectivity index (χ4n) is 5.82. The van der Waals surface area contributed by atoms with Crippen LogP contribution < -0.4 is 5.32 Å². The van der Waals surface area contributed by atoms with E-state index in [1.165, 1.54) is 36.1 Å². The van der Waals surface area contributed by atoms with Crippen LogP contribution in [0.15, 0.2) is 59.8 Å². The molecule has 2 aromatic carbocycles. The van der Waals surface area contributed by atoms with Gasteiger partial charge in [-0.1, -0.05) is 6.92 Å². The van der Waals surface area contributed by atoms with Gasteiger partial charge in [0.25, 0.3) is 11.4 Å². The maximum atomic E-state index is 13.3. The topological polar surface area (TPSA) is 221 Å². The van der Waals surface area contributed by atoms with Crippen LogP contribution in [-0.4, -0.2) is 93.1 Å². The summed E-state index contributed by atoms with van der Waals surface area (Å²) in [6.45, 7) is 4.45. The molecule has 0 bridgehead atoms. The Kier molecular flexibility index (Phi) is 9.19. The number of nitrogens with one attached hydrogen (secondary N) is 1. The van der Waals surface area contributed by atoms with Crippen molar-refractivity contribution in [3.8, 4) is 0 Å². The monoisotopic (exact) mass is 639 g/mol. The van der Waals surface area contributed by atoms with E-state index >= 15 is 0 Å². The smallest absolute Gasteiger partial charge is 0.373 e. The molecule has 3 heterocycles. The number of amides is 1. The Balaban J connectivity index is 1.17. The lowest BCUT2D eigenvalue weighted by molar-refractivity contribution is -0.385. The number of hydrogen-bond donors (Lipinski definition) is 2. The van der Waals surface area contributed by atoms with Crippen molar-refractivity contribution in [1.82, 2.24) is 15.1 Å². The van der Waals surface area contributed by atoms with E-state index in [4.69, 9.17) is 14.5 Å². The third-order valence-electron chi connectivity index (χ3n) is 8.24. The summed E-state index contributed by atoms with van der Waals surface area (Å²) in [5.74, 6) is -4.41. The molecule has 0 aromatic heterocycles. The molecule has 17 heteroatoms. The number of carbonyl (C=O) groups is 4. The Morgan fingerprint density at radius 1 is 0.957 bits per heavy atom. The molecule has 1 amide bonds. The van der Waals surface area contributed by atoms with E-state index in [9.17, 15) is 44.5 Å². The van der Waals surface area contributed by atoms with E-state index in [0.717, 1.165) is 24.3 Å². The highest BCUT2D eigenvalue weighted by Gasteiger charge is 2.60. The summed E-state index contributed by atoms with van der Waals surface area (Å²) in [7, 11) is 0. The Hall–Kier alpha value is -5.10. The minimum atomic E-state index is -1.04. The molecule has 2 saturated heterocycles. The van der Waals surface area contributed by atoms with Crippen molar-refractivity contribution in [3.63, 3.8) is 0 Å². The minimum absolute atomic E-state index is 0.0624. The molecule has 2 N–H and O–H groups in total. The number of nitrogens with zero attached hydrogens (tertiary/aromatic N) is 4. The molecule has 0 aliphatic carbocycles. The number of aliphatic hydroxyl groups is 1. The van der Waals surface area contributed by atoms with E-state index in [1.54, 1.807) is 0 Å². The molecule has 0 saturated carbocycles. The number of carbonyl (C=O) groups excluding carboxylic acids is 4. The molecule has 0 radical (unpaired) electrons. The number of nitro benzene ring substituents is 2. The van der Waals surface area contributed by atoms with Crippen LogP contribution >= 0.6 is 0 Å². The highest BCUT2D eigenvalue weighted by atomic mass is 17.2. The van der Waals surface area contributed by atoms with Crippen molar-refractivity contribution >= 4 is 35.2 Å². The third-order valence-corrected chi connectivity index (χ3v) is 8.24. The van der Waals surface area contributed by atoms with Crippen molar-refractivity contribution in [2.45, 2.75) is 32.0 Å². The first-order chi connectivity index (χ1) is 21.9. The first-order valence-corrected chi connectivity index (χ1v) is 14.2. The largest absolute Gasteiger partial charge is 0.393 e. The quantitative estimate of drug-likeness (QED) is 0.0489. The predicted octanol–water partition coefficient (Wildman–Crippen LogP) is 1.32. The Morgan fingerprint density at radius 2 is 1.50 bits per heavy atom. The number of aliphatic hydroxyl groups excluding tert-OH is 1. The fourth-order valence-corrected chi connectivity index (χ4v) is 5.82. The summed E-state index contributed by atoms with van der Waals surface area (Å²) in [6.07, 6.45) is -0.957. The highest BCUT2D eigenvalue weighted by Crippen LogP contribution is 2.47. The summed E-state index contributed by atoms with van der Waals surface area (Å²) >= 11 is 0. The van der Waals surface area contributed by atoms with Crippen molar-refractivity contribution in [1.29, 1.82) is 0 Å². The first kappa shape index (κ1) is 32.3. The molecule has 17 nitrogen and oxygen atoms in total. The van der Waals surface area contributed by atoms with Crippen molar-refractivity contribution in [2.75, 3.05) is 26.4 Å². The second-order valence-corrected chi connectivity index (χ2v) is 11.1. The number of nitro groups is 2. The minimum Gasteiger partial charge on any atom is -0.393 e. The van der Waals surface area contributed by atoms with E-state index in [0.29, 0.717) is 18.7 Å². The molecule has 242 valence electrons. The van der Waals surface area contributed by atoms with Crippen LogP contribution in [0.3, 0.4) is 0 Å². The summed E-state index contributed by atoms with van der Waals surface area (Å²) in [6, 6.07) is 8.80. The maximum absolute atomic E-state index is 13.3. The van der Waals surface area contributed by atoms with E-state index in [2.05, 4.69) is 5.32 Å². The number of β-lactam (4-membered cyclic amide) rings is 1. The molecule has 3 aliphatic heterocycles. The van der Waals surface area contributed by atoms with Gasteiger partial charge in [-0.15, -0.1) is 0 Å². The van der Waals surface area contributed by atoms with Gasteiger partial charge >= 0.3 is 17.9 Å². The number of non-ortho nitro benzene ring substituents is 2. The fraction of sp³-hybridized carbons (Fsp3) is 0.379. The first-order valence-electron chi connectivity index (χ1n) is 14.2. The zero-order valence-electron chi connectivity index (χ0n) is 24.6. The van der Waals surface area contributed by atoms with Gasteiger partial charge in [0.05, 0.1) is 39.0 Å². The molecule has 5 rings (SSSR count). The lowest BCUT2D eigenvalue weighted by Gasteiger charge is -2.46. The van der Waals surface area contributed by atoms with Gasteiger partial charge in [-0.2, -0.15) is 4.89 Å². The third kappa shape index (κ3) is 6.34. The number of hydrogen-bond acceptors (Lipinski definition) is 14. The summed E-state index contributed by atoms with van der Waals surface area (Å²) < 4.78 is 5.10. The van der Waals surface area contributed by atoms with E-state index in [-0.39, 0.29) is 53.4 Å². The number of fused-ring (bicyclic) bond motifs is 1. The van der Waals surface area contributed by atoms with Crippen LogP contribution in [0.2, 0.25) is 0 Å². The molecule has 2 fully saturated rings. The summed E-state index contributed by atoms with van der Waals surface area (Å²) in [5.41, 5.74) is 0.0764. The van der Waals surface area contributed by atoms with Gasteiger partial charge in [-0.3, -0.25) is 40.1 Å². The van der Waals surface area contributed by atoms with Crippen LogP contribution in [0.1, 0.15) is 34.6 Å². The van der Waals surface area contributed by atoms with Gasteiger partial charge in [0.2, 0.25) is 5.91 Å². The van der Waals surface area contributed by atoms with E-state index in [1.807, 2.05) is 11.8 Å². The zero-order valence-corrected chi connectivity index (χ0v) is 24.6. The standard InChI is InChI=1S/C29H29N5O12/c1-15-22(13-31-11-19(12-31)30-14-44-46-28(38)18-5-9-21(10-6-18)34(42)43)25(32-24(15)23(16(2)35)26(32)36)29(39)45-27(37)17-3-7-20(8-4-17)33(40)41/h3-10,15-16,19,23-24,30,35H,11-14H2,1-2H3/t15-,16+,23+,24+/m0/s1. The molecule has 46 heavy (non-hydrogen) atoms. The Labute approximate surface area is 260 Å². The zero-order chi connectivity index (χ0) is 33.3. The predicted molar refractivity (Wildman–Crippen MR) is 153 cm³/mol. The number of benzene rings is 2. The van der Waals surface area contributed by atoms with E-state index < -0.39 is 51.7 Å². The van der Waals surface area contributed by atoms with Crippen LogP contribution in [0.5, 0.6) is 0 Å². The Bertz CT molecular complexity index is 1600. The average molecular weight is 640 g/mol. The SMILES string of the molecule is C[C@@H](O)[C@H]1C(=O)N2C(C(=O)OC(=O)c3ccc([N+](=O)[O-])cc3)=C(CN3CC(NCOOC(=O)c4ccc([N+](=O)[O-])cc4)C3)[C@H](C)[C@H]12. The highest BCUT2D eigenvalue weighted by molar-refractivity contribution is 6.06. The number of ether oxygens (including phenoxy) is 1. The molecule has 0 unspecified atom stereocenters. The lowest BCUT2D eigenvalue weighted by atomic mass is 9.77. The van der Waals surface area contributed by atoms with Gasteiger partial charge in [-0.05, 0) is 36.8 Å². The average Bonchev–Trinajstić information content (AvgIpc) is 3.24. The number of likely N-dealkylation sites (tertiary alicyclic amines) is 1. The van der Waals surface area contributed by atoms with Crippen molar-refractivity contribution < 1.29 is 48.6 Å². The van der Waals surface area contributed by atoms with Crippen LogP contribution in [-0.2, 0) is 24.1 Å². The number of rotatable bonds is 12. The molecular formula is C29H29N5O12. The molecule has 4 atom stereocenters.